The SMILES string of the molecule is CS(=O)c1ccc(C(O)c2nc3c(Cl)c(-c4ccccc4OC(F)(F)F)c(Cl)cc3[nH]2)c(Cl)c1. The fraction of sp³-hybridized carbons (Fsp3) is 0.136. The summed E-state index contributed by atoms with van der Waals surface area (Å²) in [4.78, 5) is 7.74. The van der Waals surface area contributed by atoms with E-state index in [-0.39, 0.29) is 37.5 Å². The molecule has 2 unspecified atom stereocenters. The second-order valence-electron chi connectivity index (χ2n) is 7.15. The lowest BCUT2D eigenvalue weighted by Gasteiger charge is -2.15. The first-order valence-corrected chi connectivity index (χ1v) is 12.2. The molecule has 0 saturated carbocycles. The highest BCUT2D eigenvalue weighted by molar-refractivity contribution is 7.84. The van der Waals surface area contributed by atoms with Crippen LogP contribution < -0.4 is 4.74 Å². The zero-order valence-corrected chi connectivity index (χ0v) is 20.2. The van der Waals surface area contributed by atoms with E-state index in [9.17, 15) is 22.5 Å². The van der Waals surface area contributed by atoms with E-state index < -0.39 is 29.0 Å². The lowest BCUT2D eigenvalue weighted by Crippen LogP contribution is -2.17. The number of aromatic amines is 1. The van der Waals surface area contributed by atoms with Crippen LogP contribution in [0.15, 0.2) is 53.4 Å². The van der Waals surface area contributed by atoms with Gasteiger partial charge in [0.15, 0.2) is 0 Å². The van der Waals surface area contributed by atoms with Crippen LogP contribution in [0.5, 0.6) is 5.75 Å². The molecule has 0 aliphatic heterocycles. The molecular formula is C22H14Cl3F3N2O3S. The molecule has 0 spiro atoms. The number of ether oxygens (including phenoxy) is 1. The standard InChI is InChI=1S/C22H14Cl3F3N2O3S/c1-34(32)10-6-7-11(13(23)8-10)20(31)21-29-15-9-14(24)17(18(25)19(15)30-21)12-4-2-3-5-16(12)33-22(26,27)28/h2-9,20,31H,1H3,(H,29,30). The van der Waals surface area contributed by atoms with Crippen molar-refractivity contribution >= 4 is 56.6 Å². The van der Waals surface area contributed by atoms with Crippen molar-refractivity contribution in [3.05, 3.63) is 75.0 Å². The van der Waals surface area contributed by atoms with Gasteiger partial charge in [0, 0.05) is 43.7 Å². The van der Waals surface area contributed by atoms with Crippen molar-refractivity contribution in [1.82, 2.24) is 9.97 Å². The van der Waals surface area contributed by atoms with Gasteiger partial charge in [-0.1, -0.05) is 59.1 Å². The number of benzene rings is 3. The summed E-state index contributed by atoms with van der Waals surface area (Å²) in [5.74, 6) is -0.397. The molecule has 34 heavy (non-hydrogen) atoms. The van der Waals surface area contributed by atoms with E-state index in [0.29, 0.717) is 16.0 Å². The van der Waals surface area contributed by atoms with Gasteiger partial charge in [-0.05, 0) is 24.3 Å². The molecule has 12 heteroatoms. The summed E-state index contributed by atoms with van der Waals surface area (Å²) in [5.41, 5.74) is 0.953. The monoisotopic (exact) mass is 548 g/mol. The first kappa shape index (κ1) is 24.8. The summed E-state index contributed by atoms with van der Waals surface area (Å²) in [5, 5.41) is 11.1. The smallest absolute Gasteiger partial charge is 0.405 e. The maximum atomic E-state index is 12.9. The highest BCUT2D eigenvalue weighted by atomic mass is 35.5. The third-order valence-corrected chi connectivity index (χ3v) is 6.84. The third kappa shape index (κ3) is 4.89. The molecule has 2 atom stereocenters. The summed E-state index contributed by atoms with van der Waals surface area (Å²) >= 11 is 19.2. The fourth-order valence-electron chi connectivity index (χ4n) is 3.42. The Labute approximate surface area is 208 Å². The van der Waals surface area contributed by atoms with E-state index in [2.05, 4.69) is 14.7 Å². The molecular weight excluding hydrogens is 536 g/mol. The van der Waals surface area contributed by atoms with Crippen LogP contribution >= 0.6 is 34.8 Å². The van der Waals surface area contributed by atoms with Gasteiger partial charge >= 0.3 is 6.36 Å². The molecule has 0 fully saturated rings. The van der Waals surface area contributed by atoms with Crippen LogP contribution in [0.1, 0.15) is 17.5 Å². The zero-order chi connectivity index (χ0) is 24.8. The average Bonchev–Trinajstić information content (AvgIpc) is 3.17. The molecule has 0 aliphatic carbocycles. The summed E-state index contributed by atoms with van der Waals surface area (Å²) in [6, 6.07) is 11.5. The van der Waals surface area contributed by atoms with Crippen LogP contribution in [0.25, 0.3) is 22.2 Å². The number of fused-ring (bicyclic) bond motifs is 1. The van der Waals surface area contributed by atoms with Crippen molar-refractivity contribution in [2.75, 3.05) is 6.26 Å². The van der Waals surface area contributed by atoms with E-state index in [1.807, 2.05) is 0 Å². The topological polar surface area (TPSA) is 75.2 Å². The van der Waals surface area contributed by atoms with Gasteiger partial charge < -0.3 is 14.8 Å². The van der Waals surface area contributed by atoms with Gasteiger partial charge in [0.25, 0.3) is 0 Å². The molecule has 4 aromatic rings. The highest BCUT2D eigenvalue weighted by Crippen LogP contribution is 2.44. The average molecular weight is 550 g/mol. The van der Waals surface area contributed by atoms with Gasteiger partial charge in [-0.25, -0.2) is 4.98 Å². The van der Waals surface area contributed by atoms with Gasteiger partial charge in [0.1, 0.15) is 23.2 Å². The van der Waals surface area contributed by atoms with Gasteiger partial charge in [0.05, 0.1) is 15.6 Å². The number of nitrogens with zero attached hydrogens (tertiary/aromatic N) is 1. The van der Waals surface area contributed by atoms with Gasteiger partial charge in [-0.15, -0.1) is 13.2 Å². The molecule has 0 amide bonds. The Morgan fingerprint density at radius 2 is 1.79 bits per heavy atom. The van der Waals surface area contributed by atoms with Crippen molar-refractivity contribution in [3.8, 4) is 16.9 Å². The first-order chi connectivity index (χ1) is 16.0. The zero-order valence-electron chi connectivity index (χ0n) is 17.1. The van der Waals surface area contributed by atoms with Crippen molar-refractivity contribution in [1.29, 1.82) is 0 Å². The normalized spacial score (nSPS) is 13.8. The molecule has 1 aromatic heterocycles. The number of H-pyrrole nitrogens is 1. The molecule has 0 aliphatic rings. The van der Waals surface area contributed by atoms with E-state index in [4.69, 9.17) is 34.8 Å². The van der Waals surface area contributed by atoms with Crippen LogP contribution in [0.2, 0.25) is 15.1 Å². The Hall–Kier alpha value is -2.30. The Kier molecular flexibility index (Phi) is 6.85. The number of hydrogen-bond donors (Lipinski definition) is 2. The second-order valence-corrected chi connectivity index (χ2v) is 9.72. The Morgan fingerprint density at radius 3 is 2.44 bits per heavy atom. The summed E-state index contributed by atoms with van der Waals surface area (Å²) in [6.45, 7) is 0. The summed E-state index contributed by atoms with van der Waals surface area (Å²) in [7, 11) is -1.26. The molecule has 5 nitrogen and oxygen atoms in total. The number of rotatable bonds is 5. The maximum Gasteiger partial charge on any atom is 0.573 e. The quantitative estimate of drug-likeness (QED) is 0.284. The number of imidazole rings is 1. The minimum Gasteiger partial charge on any atom is -0.405 e. The van der Waals surface area contributed by atoms with Gasteiger partial charge in [-0.3, -0.25) is 4.21 Å². The van der Waals surface area contributed by atoms with E-state index in [0.717, 1.165) is 6.07 Å². The van der Waals surface area contributed by atoms with Crippen molar-refractivity contribution in [2.24, 2.45) is 0 Å². The molecule has 2 N–H and O–H groups in total. The van der Waals surface area contributed by atoms with Crippen LogP contribution in [0, 0.1) is 0 Å². The van der Waals surface area contributed by atoms with Crippen molar-refractivity contribution in [2.45, 2.75) is 17.4 Å². The number of hydrogen-bond acceptors (Lipinski definition) is 4. The van der Waals surface area contributed by atoms with Crippen LogP contribution in [-0.2, 0) is 10.8 Å². The fourth-order valence-corrected chi connectivity index (χ4v) is 5.01. The second kappa shape index (κ2) is 9.39. The Bertz CT molecular complexity index is 1430. The predicted octanol–water partition coefficient (Wildman–Crippen LogP) is 6.91. The van der Waals surface area contributed by atoms with E-state index >= 15 is 0 Å². The lowest BCUT2D eigenvalue weighted by atomic mass is 10.0. The number of halogens is 6. The lowest BCUT2D eigenvalue weighted by molar-refractivity contribution is -0.274. The van der Waals surface area contributed by atoms with Crippen LogP contribution in [-0.4, -0.2) is 31.9 Å². The minimum absolute atomic E-state index is 0.0213. The number of nitrogens with one attached hydrogen (secondary N) is 1. The van der Waals surface area contributed by atoms with Crippen LogP contribution in [0.3, 0.4) is 0 Å². The van der Waals surface area contributed by atoms with E-state index in [1.165, 1.54) is 42.7 Å². The maximum absolute atomic E-state index is 12.9. The Morgan fingerprint density at radius 1 is 1.09 bits per heavy atom. The first-order valence-electron chi connectivity index (χ1n) is 9.50. The largest absolute Gasteiger partial charge is 0.573 e. The number of alkyl halides is 3. The minimum atomic E-state index is -4.91. The van der Waals surface area contributed by atoms with Gasteiger partial charge in [0.2, 0.25) is 0 Å². The molecule has 0 bridgehead atoms. The summed E-state index contributed by atoms with van der Waals surface area (Å²) in [6.07, 6.45) is -4.71. The molecule has 1 heterocycles. The Balaban J connectivity index is 1.81. The number of para-hydroxylation sites is 1. The molecule has 4 rings (SSSR count). The van der Waals surface area contributed by atoms with E-state index in [1.54, 1.807) is 6.07 Å². The number of aromatic nitrogens is 2. The van der Waals surface area contributed by atoms with Crippen molar-refractivity contribution < 1.29 is 27.2 Å². The van der Waals surface area contributed by atoms with Gasteiger partial charge in [-0.2, -0.15) is 0 Å². The predicted molar refractivity (Wildman–Crippen MR) is 126 cm³/mol. The summed E-state index contributed by atoms with van der Waals surface area (Å²) < 4.78 is 54.4. The number of aliphatic hydroxyl groups is 1. The van der Waals surface area contributed by atoms with Crippen molar-refractivity contribution in [3.63, 3.8) is 0 Å². The van der Waals surface area contributed by atoms with Crippen LogP contribution in [0.4, 0.5) is 13.2 Å². The third-order valence-electron chi connectivity index (χ3n) is 4.93. The molecule has 3 aromatic carbocycles. The molecule has 178 valence electrons. The highest BCUT2D eigenvalue weighted by Gasteiger charge is 2.33. The number of aliphatic hydroxyl groups excluding tert-OH is 1. The molecule has 0 radical (unpaired) electrons. The molecule has 0 saturated heterocycles.